The number of halogens is 1. The van der Waals surface area contributed by atoms with E-state index in [-0.39, 0.29) is 11.4 Å². The molecule has 3 rings (SSSR count). The molecule has 0 aliphatic rings. The van der Waals surface area contributed by atoms with E-state index >= 15 is 4.39 Å². The van der Waals surface area contributed by atoms with E-state index in [1.165, 1.54) is 24.3 Å². The van der Waals surface area contributed by atoms with Gasteiger partial charge in [0.1, 0.15) is 0 Å². The third-order valence-corrected chi connectivity index (χ3v) is 6.09. The molecule has 0 aliphatic heterocycles. The van der Waals surface area contributed by atoms with E-state index in [1.54, 1.807) is 42.5 Å². The van der Waals surface area contributed by atoms with Crippen LogP contribution >= 0.6 is 0 Å². The van der Waals surface area contributed by atoms with Crippen molar-refractivity contribution in [2.24, 2.45) is 0 Å². The number of aryl methyl sites for hydroxylation is 1. The minimum absolute atomic E-state index is 0.0506. The van der Waals surface area contributed by atoms with Crippen LogP contribution in [0.5, 0.6) is 0 Å². The summed E-state index contributed by atoms with van der Waals surface area (Å²) in [5.41, 5.74) is 2.52. The maximum Gasteiger partial charge on any atom is 0.266 e. The fraction of sp³-hybridized carbons (Fsp3) is 0.0833. The predicted molar refractivity (Wildman–Crippen MR) is 115 cm³/mol. The molecule has 0 aromatic heterocycles. The molecule has 0 radical (unpaired) electrons. The van der Waals surface area contributed by atoms with E-state index in [2.05, 4.69) is 0 Å². The molecule has 0 heterocycles. The molecule has 3 nitrogen and oxygen atoms in total. The lowest BCUT2D eigenvalue weighted by Gasteiger charge is -2.22. The van der Waals surface area contributed by atoms with Gasteiger partial charge >= 0.3 is 0 Å². The van der Waals surface area contributed by atoms with E-state index in [4.69, 9.17) is 0 Å². The van der Waals surface area contributed by atoms with Crippen molar-refractivity contribution in [1.29, 1.82) is 0 Å². The Morgan fingerprint density at radius 2 is 1.48 bits per heavy atom. The van der Waals surface area contributed by atoms with Crippen molar-refractivity contribution in [2.45, 2.75) is 18.4 Å². The summed E-state index contributed by atoms with van der Waals surface area (Å²) in [6.45, 7) is 1.77. The van der Waals surface area contributed by atoms with Crippen LogP contribution in [0.1, 0.15) is 16.7 Å². The summed E-state index contributed by atoms with van der Waals surface area (Å²) in [6, 6.07) is 24.8. The van der Waals surface area contributed by atoms with Crippen molar-refractivity contribution in [2.75, 3.05) is 0 Å². The molecule has 29 heavy (non-hydrogen) atoms. The van der Waals surface area contributed by atoms with Gasteiger partial charge in [0.2, 0.25) is 5.95 Å². The zero-order valence-electron chi connectivity index (χ0n) is 16.1. The molecule has 0 atom stereocenters. The van der Waals surface area contributed by atoms with E-state index in [9.17, 15) is 8.42 Å². The number of allylic oxidation sites excluding steroid dienone is 2. The van der Waals surface area contributed by atoms with Gasteiger partial charge in [0.15, 0.2) is 0 Å². The second-order valence-corrected chi connectivity index (χ2v) is 8.43. The lowest BCUT2D eigenvalue weighted by Crippen LogP contribution is -2.28. The molecule has 3 aromatic carbocycles. The molecule has 0 fully saturated rings. The lowest BCUT2D eigenvalue weighted by molar-refractivity contribution is 0.379. The average Bonchev–Trinajstić information content (AvgIpc) is 2.73. The van der Waals surface area contributed by atoms with Gasteiger partial charge in [-0.1, -0.05) is 90.5 Å². The highest BCUT2D eigenvalue weighted by molar-refractivity contribution is 7.89. The molecule has 0 unspecified atom stereocenters. The summed E-state index contributed by atoms with van der Waals surface area (Å²) in [5.74, 6) is -0.846. The van der Waals surface area contributed by atoms with Crippen LogP contribution in [-0.2, 0) is 16.6 Å². The smallest absolute Gasteiger partial charge is 0.237 e. The zero-order chi connectivity index (χ0) is 20.7. The molecule has 0 saturated carbocycles. The molecule has 3 aromatic rings. The fourth-order valence-electron chi connectivity index (χ4n) is 2.75. The van der Waals surface area contributed by atoms with E-state index in [0.717, 1.165) is 15.4 Å². The second-order valence-electron chi connectivity index (χ2n) is 6.57. The first-order valence-electron chi connectivity index (χ1n) is 9.19. The number of sulfonamides is 1. The van der Waals surface area contributed by atoms with Crippen LogP contribution in [0.2, 0.25) is 0 Å². The topological polar surface area (TPSA) is 37.4 Å². The first-order valence-corrected chi connectivity index (χ1v) is 10.6. The van der Waals surface area contributed by atoms with Crippen LogP contribution in [0, 0.1) is 6.92 Å². The Kier molecular flexibility index (Phi) is 6.62. The predicted octanol–water partition coefficient (Wildman–Crippen LogP) is 5.71. The lowest BCUT2D eigenvalue weighted by atomic mass is 10.2. The molecule has 0 spiro atoms. The van der Waals surface area contributed by atoms with Gasteiger partial charge in [0.05, 0.1) is 11.4 Å². The highest BCUT2D eigenvalue weighted by Crippen LogP contribution is 2.24. The Morgan fingerprint density at radius 1 is 0.897 bits per heavy atom. The molecule has 0 amide bonds. The van der Waals surface area contributed by atoms with Gasteiger partial charge < -0.3 is 0 Å². The quantitative estimate of drug-likeness (QED) is 0.372. The first kappa shape index (κ1) is 20.6. The molecular weight excluding hydrogens is 385 g/mol. The van der Waals surface area contributed by atoms with Crippen molar-refractivity contribution < 1.29 is 12.8 Å². The van der Waals surface area contributed by atoms with Crippen molar-refractivity contribution in [3.05, 3.63) is 120 Å². The second kappa shape index (κ2) is 9.34. The van der Waals surface area contributed by atoms with Crippen LogP contribution in [0.15, 0.2) is 108 Å². The van der Waals surface area contributed by atoms with Gasteiger partial charge in [-0.3, -0.25) is 0 Å². The summed E-state index contributed by atoms with van der Waals surface area (Å²) in [7, 11) is -4.05. The number of nitrogens with zero attached hydrogens (tertiary/aromatic N) is 1. The van der Waals surface area contributed by atoms with Crippen LogP contribution in [0.3, 0.4) is 0 Å². The van der Waals surface area contributed by atoms with Crippen molar-refractivity contribution in [1.82, 2.24) is 4.31 Å². The Morgan fingerprint density at radius 3 is 2.10 bits per heavy atom. The molecule has 0 N–H and O–H groups in total. The third-order valence-electron chi connectivity index (χ3n) is 4.34. The summed E-state index contributed by atoms with van der Waals surface area (Å²) < 4.78 is 42.2. The van der Waals surface area contributed by atoms with Gasteiger partial charge in [-0.05, 0) is 36.3 Å². The normalized spacial score (nSPS) is 12.3. The highest BCUT2D eigenvalue weighted by Gasteiger charge is 2.27. The highest BCUT2D eigenvalue weighted by atomic mass is 32.2. The summed E-state index contributed by atoms with van der Waals surface area (Å²) >= 11 is 0. The largest absolute Gasteiger partial charge is 0.266 e. The van der Waals surface area contributed by atoms with Crippen molar-refractivity contribution in [3.8, 4) is 0 Å². The van der Waals surface area contributed by atoms with E-state index < -0.39 is 16.0 Å². The molecular formula is C24H22FNO2S. The Labute approximate surface area is 171 Å². The molecule has 0 aliphatic carbocycles. The Balaban J connectivity index is 1.94. The van der Waals surface area contributed by atoms with Gasteiger partial charge in [0.25, 0.3) is 10.0 Å². The van der Waals surface area contributed by atoms with Crippen LogP contribution in [0.4, 0.5) is 4.39 Å². The zero-order valence-corrected chi connectivity index (χ0v) is 16.9. The maximum absolute atomic E-state index is 15.1. The number of benzene rings is 3. The summed E-state index contributed by atoms with van der Waals surface area (Å²) in [5, 5.41) is 0. The van der Waals surface area contributed by atoms with Gasteiger partial charge in [-0.15, -0.1) is 0 Å². The van der Waals surface area contributed by atoms with Gasteiger partial charge in [0, 0.05) is 0 Å². The van der Waals surface area contributed by atoms with Crippen LogP contribution in [-0.4, -0.2) is 12.7 Å². The number of rotatable bonds is 7. The molecule has 148 valence electrons. The minimum atomic E-state index is -4.05. The number of hydrogen-bond acceptors (Lipinski definition) is 2. The Hall–Kier alpha value is -3.18. The maximum atomic E-state index is 15.1. The number of hydrogen-bond donors (Lipinski definition) is 0. The van der Waals surface area contributed by atoms with Crippen molar-refractivity contribution in [3.63, 3.8) is 0 Å². The molecule has 0 saturated heterocycles. The standard InChI is InChI=1S/C24H22FNO2S/c1-20-15-17-23(18-16-20)29(27,28)26(19-22-11-6-3-7-12-22)24(25)14-8-13-21-9-4-2-5-10-21/h2-18H,19H2,1H3/b13-8-,24-14-. The Bertz CT molecular complexity index is 1090. The molecule has 5 heteroatoms. The monoisotopic (exact) mass is 407 g/mol. The van der Waals surface area contributed by atoms with Gasteiger partial charge in [-0.25, -0.2) is 12.7 Å². The molecule has 0 bridgehead atoms. The van der Waals surface area contributed by atoms with Crippen molar-refractivity contribution >= 4 is 16.1 Å². The van der Waals surface area contributed by atoms with E-state index in [1.807, 2.05) is 43.3 Å². The summed E-state index contributed by atoms with van der Waals surface area (Å²) in [6.07, 6.45) is 4.40. The SMILES string of the molecule is Cc1ccc(S(=O)(=O)N(Cc2ccccc2)/C(F)=C\C=C/c2ccccc2)cc1. The van der Waals surface area contributed by atoms with E-state index in [0.29, 0.717) is 5.56 Å². The first-order chi connectivity index (χ1) is 14.0. The van der Waals surface area contributed by atoms with Gasteiger partial charge in [-0.2, -0.15) is 4.39 Å². The summed E-state index contributed by atoms with van der Waals surface area (Å²) in [4.78, 5) is 0.0506. The fourth-order valence-corrected chi connectivity index (χ4v) is 4.09. The minimum Gasteiger partial charge on any atom is -0.237 e. The van der Waals surface area contributed by atoms with Crippen LogP contribution in [0.25, 0.3) is 6.08 Å². The van der Waals surface area contributed by atoms with Crippen LogP contribution < -0.4 is 0 Å². The average molecular weight is 408 g/mol. The third kappa shape index (κ3) is 5.42.